The molecule has 0 radical (unpaired) electrons. The number of hydrogen-bond acceptors (Lipinski definition) is 5. The number of nitrogens with one attached hydrogen (secondary N) is 1. The highest BCUT2D eigenvalue weighted by Crippen LogP contribution is 2.30. The molecule has 3 N–H and O–H groups in total. The van der Waals surface area contributed by atoms with Crippen LogP contribution in [-0.2, 0) is 12.8 Å². The minimum atomic E-state index is 0.593. The van der Waals surface area contributed by atoms with Crippen LogP contribution in [0.15, 0.2) is 30.6 Å². The monoisotopic (exact) mass is 294 g/mol. The second kappa shape index (κ2) is 5.38. The fraction of sp³-hybridized carbons (Fsp3) is 0.312. The van der Waals surface area contributed by atoms with E-state index in [2.05, 4.69) is 10.3 Å². The van der Waals surface area contributed by atoms with Crippen LogP contribution in [0.3, 0.4) is 0 Å². The molecular weight excluding hydrogens is 276 g/mol. The van der Waals surface area contributed by atoms with Crippen molar-refractivity contribution in [1.82, 2.24) is 19.6 Å². The predicted molar refractivity (Wildman–Crippen MR) is 85.8 cm³/mol. The molecule has 0 amide bonds. The van der Waals surface area contributed by atoms with Crippen molar-refractivity contribution in [3.63, 3.8) is 0 Å². The molecule has 3 heterocycles. The van der Waals surface area contributed by atoms with E-state index in [-0.39, 0.29) is 0 Å². The summed E-state index contributed by atoms with van der Waals surface area (Å²) in [7, 11) is 0. The number of rotatable bonds is 4. The molecule has 0 saturated carbocycles. The maximum atomic E-state index is 5.65. The highest BCUT2D eigenvalue weighted by molar-refractivity contribution is 5.66. The molecule has 0 aromatic carbocycles. The molecule has 1 aliphatic rings. The quantitative estimate of drug-likeness (QED) is 0.764. The third-order valence-corrected chi connectivity index (χ3v) is 4.02. The number of fused-ring (bicyclic) bond motifs is 2. The molecule has 6 heteroatoms. The summed E-state index contributed by atoms with van der Waals surface area (Å²) >= 11 is 0. The Morgan fingerprint density at radius 2 is 2.27 bits per heavy atom. The van der Waals surface area contributed by atoms with Gasteiger partial charge < -0.3 is 11.1 Å². The van der Waals surface area contributed by atoms with E-state index >= 15 is 0 Å². The van der Waals surface area contributed by atoms with Crippen LogP contribution in [-0.4, -0.2) is 32.7 Å². The number of nitrogens with zero attached hydrogens (tertiary/aromatic N) is 4. The van der Waals surface area contributed by atoms with Crippen LogP contribution < -0.4 is 11.1 Å². The molecule has 22 heavy (non-hydrogen) atoms. The van der Waals surface area contributed by atoms with Gasteiger partial charge in [0.25, 0.3) is 0 Å². The standard InChI is InChI=1S/C16H18N6/c17-6-8-19-16-12-4-1-5-13(12)20-15-9-14(21-22(15)16)11-3-2-7-18-10-11/h2-3,7,9-10,19H,1,4-6,8,17H2. The SMILES string of the molecule is NCCNc1c2c(nc3cc(-c4cccnc4)nn13)CCC2. The Morgan fingerprint density at radius 3 is 3.09 bits per heavy atom. The minimum Gasteiger partial charge on any atom is -0.368 e. The van der Waals surface area contributed by atoms with E-state index in [1.165, 1.54) is 11.3 Å². The molecule has 0 aliphatic heterocycles. The maximum Gasteiger partial charge on any atom is 0.158 e. The zero-order valence-electron chi connectivity index (χ0n) is 12.3. The van der Waals surface area contributed by atoms with Gasteiger partial charge in [0, 0.05) is 48.4 Å². The lowest BCUT2D eigenvalue weighted by Gasteiger charge is -2.12. The van der Waals surface area contributed by atoms with Crippen molar-refractivity contribution in [3.05, 3.63) is 41.9 Å². The zero-order chi connectivity index (χ0) is 14.9. The Bertz CT molecular complexity index is 808. The lowest BCUT2D eigenvalue weighted by Crippen LogP contribution is -2.17. The molecule has 1 aliphatic carbocycles. The highest BCUT2D eigenvalue weighted by atomic mass is 15.3. The number of aromatic nitrogens is 4. The van der Waals surface area contributed by atoms with E-state index in [4.69, 9.17) is 15.8 Å². The second-order valence-electron chi connectivity index (χ2n) is 5.50. The number of pyridine rings is 1. The largest absolute Gasteiger partial charge is 0.368 e. The summed E-state index contributed by atoms with van der Waals surface area (Å²) in [5.41, 5.74) is 10.9. The first-order valence-corrected chi connectivity index (χ1v) is 7.62. The molecule has 0 bridgehead atoms. The fourth-order valence-electron chi connectivity index (χ4n) is 3.02. The predicted octanol–water partition coefficient (Wildman–Crippen LogP) is 1.65. The molecule has 0 fully saturated rings. The van der Waals surface area contributed by atoms with Crippen LogP contribution >= 0.6 is 0 Å². The maximum absolute atomic E-state index is 5.65. The van der Waals surface area contributed by atoms with Crippen LogP contribution in [0.4, 0.5) is 5.82 Å². The van der Waals surface area contributed by atoms with Gasteiger partial charge in [0.05, 0.1) is 5.69 Å². The molecule has 3 aromatic rings. The van der Waals surface area contributed by atoms with Crippen molar-refractivity contribution in [2.24, 2.45) is 5.73 Å². The van der Waals surface area contributed by atoms with Crippen molar-refractivity contribution in [2.45, 2.75) is 19.3 Å². The van der Waals surface area contributed by atoms with Gasteiger partial charge in [-0.2, -0.15) is 9.61 Å². The van der Waals surface area contributed by atoms with Crippen molar-refractivity contribution in [3.8, 4) is 11.3 Å². The van der Waals surface area contributed by atoms with E-state index in [1.807, 2.05) is 28.9 Å². The summed E-state index contributed by atoms with van der Waals surface area (Å²) < 4.78 is 1.90. The van der Waals surface area contributed by atoms with Gasteiger partial charge >= 0.3 is 0 Å². The van der Waals surface area contributed by atoms with Crippen molar-refractivity contribution >= 4 is 11.5 Å². The first kappa shape index (κ1) is 13.2. The molecule has 4 rings (SSSR count). The molecular formula is C16H18N6. The van der Waals surface area contributed by atoms with Crippen LogP contribution in [0, 0.1) is 0 Å². The van der Waals surface area contributed by atoms with Crippen molar-refractivity contribution in [2.75, 3.05) is 18.4 Å². The molecule has 3 aromatic heterocycles. The summed E-state index contributed by atoms with van der Waals surface area (Å²) in [5.74, 6) is 1.04. The van der Waals surface area contributed by atoms with E-state index in [0.717, 1.165) is 48.5 Å². The first-order valence-electron chi connectivity index (χ1n) is 7.62. The van der Waals surface area contributed by atoms with Gasteiger partial charge in [0.2, 0.25) is 0 Å². The number of nitrogens with two attached hydrogens (primary N) is 1. The summed E-state index contributed by atoms with van der Waals surface area (Å²) in [5, 5.41) is 8.15. The van der Waals surface area contributed by atoms with E-state index in [0.29, 0.717) is 6.54 Å². The second-order valence-corrected chi connectivity index (χ2v) is 5.50. The molecule has 6 nitrogen and oxygen atoms in total. The van der Waals surface area contributed by atoms with Gasteiger partial charge in [0.1, 0.15) is 5.82 Å². The van der Waals surface area contributed by atoms with Crippen LogP contribution in [0.2, 0.25) is 0 Å². The Hall–Kier alpha value is -2.47. The van der Waals surface area contributed by atoms with Gasteiger partial charge in [-0.1, -0.05) is 0 Å². The fourth-order valence-corrected chi connectivity index (χ4v) is 3.02. The Labute approximate surface area is 128 Å². The topological polar surface area (TPSA) is 81.1 Å². The molecule has 0 unspecified atom stereocenters. The Morgan fingerprint density at radius 1 is 1.32 bits per heavy atom. The summed E-state index contributed by atoms with van der Waals surface area (Å²) in [6, 6.07) is 5.94. The summed E-state index contributed by atoms with van der Waals surface area (Å²) in [6.45, 7) is 1.32. The highest BCUT2D eigenvalue weighted by Gasteiger charge is 2.21. The van der Waals surface area contributed by atoms with Crippen LogP contribution in [0.5, 0.6) is 0 Å². The first-order chi connectivity index (χ1) is 10.9. The number of hydrogen-bond donors (Lipinski definition) is 2. The third-order valence-electron chi connectivity index (χ3n) is 4.02. The summed E-state index contributed by atoms with van der Waals surface area (Å²) in [4.78, 5) is 8.94. The molecule has 0 saturated heterocycles. The van der Waals surface area contributed by atoms with Gasteiger partial charge in [-0.15, -0.1) is 0 Å². The van der Waals surface area contributed by atoms with Crippen LogP contribution in [0.1, 0.15) is 17.7 Å². The van der Waals surface area contributed by atoms with Gasteiger partial charge in [0.15, 0.2) is 5.65 Å². The zero-order valence-corrected chi connectivity index (χ0v) is 12.3. The summed E-state index contributed by atoms with van der Waals surface area (Å²) in [6.07, 6.45) is 6.83. The smallest absolute Gasteiger partial charge is 0.158 e. The Kier molecular flexibility index (Phi) is 3.23. The van der Waals surface area contributed by atoms with Gasteiger partial charge in [-0.25, -0.2) is 4.98 Å². The lowest BCUT2D eigenvalue weighted by molar-refractivity contribution is 0.894. The average Bonchev–Trinajstić information content (AvgIpc) is 3.18. The van der Waals surface area contributed by atoms with Crippen LogP contribution in [0.25, 0.3) is 16.9 Å². The number of anilines is 1. The van der Waals surface area contributed by atoms with Crippen molar-refractivity contribution in [1.29, 1.82) is 0 Å². The van der Waals surface area contributed by atoms with Gasteiger partial charge in [-0.05, 0) is 31.4 Å². The third kappa shape index (κ3) is 2.12. The Balaban J connectivity index is 1.88. The van der Waals surface area contributed by atoms with E-state index < -0.39 is 0 Å². The van der Waals surface area contributed by atoms with E-state index in [1.54, 1.807) is 6.20 Å². The van der Waals surface area contributed by atoms with Gasteiger partial charge in [-0.3, -0.25) is 4.98 Å². The average molecular weight is 294 g/mol. The molecule has 0 atom stereocenters. The minimum absolute atomic E-state index is 0.593. The lowest BCUT2D eigenvalue weighted by atomic mass is 10.2. The number of aryl methyl sites for hydroxylation is 1. The van der Waals surface area contributed by atoms with Crippen molar-refractivity contribution < 1.29 is 0 Å². The molecule has 112 valence electrons. The molecule has 0 spiro atoms. The van der Waals surface area contributed by atoms with E-state index in [9.17, 15) is 0 Å². The normalized spacial score (nSPS) is 13.5.